The van der Waals surface area contributed by atoms with Crippen LogP contribution in [0.15, 0.2) is 47.4 Å². The highest BCUT2D eigenvalue weighted by Crippen LogP contribution is 2.23. The summed E-state index contributed by atoms with van der Waals surface area (Å²) in [6.07, 6.45) is 6.02. The molecular formula is C16H21NO4S. The van der Waals surface area contributed by atoms with Crippen LogP contribution >= 0.6 is 0 Å². The molecule has 2 rings (SSSR count). The molecule has 5 nitrogen and oxygen atoms in total. The highest BCUT2D eigenvalue weighted by molar-refractivity contribution is 7.89. The number of amides is 1. The Labute approximate surface area is 131 Å². The fourth-order valence-corrected chi connectivity index (χ4v) is 3.69. The summed E-state index contributed by atoms with van der Waals surface area (Å²) in [6, 6.07) is 7.92. The lowest BCUT2D eigenvalue weighted by atomic mass is 10.2. The van der Waals surface area contributed by atoms with Gasteiger partial charge in [0.25, 0.3) is 15.9 Å². The largest absolute Gasteiger partial charge is 0.353 e. The van der Waals surface area contributed by atoms with E-state index in [1.165, 1.54) is 24.3 Å². The first-order chi connectivity index (χ1) is 10.6. The number of rotatable bonds is 8. The molecule has 120 valence electrons. The molecular weight excluding hydrogens is 302 g/mol. The fourth-order valence-electron chi connectivity index (χ4n) is 2.26. The Hall–Kier alpha value is -1.66. The van der Waals surface area contributed by atoms with Crippen molar-refractivity contribution in [2.24, 2.45) is 0 Å². The minimum Gasteiger partial charge on any atom is -0.353 e. The molecule has 1 heterocycles. The van der Waals surface area contributed by atoms with E-state index < -0.39 is 22.2 Å². The zero-order valence-electron chi connectivity index (χ0n) is 12.6. The van der Waals surface area contributed by atoms with Crippen molar-refractivity contribution in [3.63, 3.8) is 0 Å². The van der Waals surface area contributed by atoms with Gasteiger partial charge in [0, 0.05) is 12.7 Å². The molecule has 6 heteroatoms. The number of hydrogen-bond acceptors (Lipinski definition) is 4. The number of carbonyl (C=O) groups is 1. The van der Waals surface area contributed by atoms with Crippen molar-refractivity contribution < 1.29 is 17.9 Å². The van der Waals surface area contributed by atoms with E-state index in [1.54, 1.807) is 18.2 Å². The predicted octanol–water partition coefficient (Wildman–Crippen LogP) is 2.70. The van der Waals surface area contributed by atoms with Gasteiger partial charge < -0.3 is 4.74 Å². The Balaban J connectivity index is 2.06. The van der Waals surface area contributed by atoms with Crippen LogP contribution in [0.25, 0.3) is 0 Å². The highest BCUT2D eigenvalue weighted by atomic mass is 32.2. The van der Waals surface area contributed by atoms with Crippen LogP contribution in [0.4, 0.5) is 0 Å². The molecule has 1 amide bonds. The summed E-state index contributed by atoms with van der Waals surface area (Å²) < 4.78 is 31.5. The first-order valence-corrected chi connectivity index (χ1v) is 8.94. The van der Waals surface area contributed by atoms with Crippen molar-refractivity contribution in [2.75, 3.05) is 6.61 Å². The first kappa shape index (κ1) is 16.7. The normalized spacial score (nSPS) is 18.1. The van der Waals surface area contributed by atoms with Crippen LogP contribution in [0.5, 0.6) is 0 Å². The summed E-state index contributed by atoms with van der Waals surface area (Å²) in [5.41, 5.74) is 0. The number of sulfonamides is 1. The van der Waals surface area contributed by atoms with Crippen LogP contribution in [0.3, 0.4) is 0 Å². The second-order valence-corrected chi connectivity index (χ2v) is 6.95. The maximum absolute atomic E-state index is 12.6. The molecule has 1 aliphatic heterocycles. The molecule has 0 bridgehead atoms. The van der Waals surface area contributed by atoms with Crippen molar-refractivity contribution in [3.8, 4) is 0 Å². The third-order valence-corrected chi connectivity index (χ3v) is 5.21. The summed E-state index contributed by atoms with van der Waals surface area (Å²) in [5, 5.41) is 0. The van der Waals surface area contributed by atoms with E-state index in [2.05, 4.69) is 6.92 Å². The maximum atomic E-state index is 12.6. The van der Waals surface area contributed by atoms with Crippen LogP contribution in [0, 0.1) is 0 Å². The lowest BCUT2D eigenvalue weighted by Crippen LogP contribution is -2.40. The average molecular weight is 323 g/mol. The number of carbonyl (C=O) groups excluding carboxylic acids is 1. The summed E-state index contributed by atoms with van der Waals surface area (Å²) in [5.74, 6) is -0.567. The van der Waals surface area contributed by atoms with Gasteiger partial charge in [0.2, 0.25) is 0 Å². The lowest BCUT2D eigenvalue weighted by molar-refractivity contribution is -0.126. The second kappa shape index (κ2) is 7.56. The van der Waals surface area contributed by atoms with Gasteiger partial charge in [-0.15, -0.1) is 0 Å². The number of benzene rings is 1. The monoisotopic (exact) mass is 323 g/mol. The standard InChI is InChI=1S/C16H21NO4S/c1-2-3-4-8-13-21-16-12-11-15(18)17(16)22(19,20)14-9-6-5-7-10-14/h5-7,9-12,16H,2-4,8,13H2,1H3. The Kier molecular flexibility index (Phi) is 5.74. The number of hydrogen-bond donors (Lipinski definition) is 0. The topological polar surface area (TPSA) is 63.7 Å². The molecule has 1 aromatic carbocycles. The van der Waals surface area contributed by atoms with Crippen LogP contribution in [0.2, 0.25) is 0 Å². The van der Waals surface area contributed by atoms with Gasteiger partial charge in [0.1, 0.15) is 0 Å². The van der Waals surface area contributed by atoms with Crippen molar-refractivity contribution >= 4 is 15.9 Å². The third-order valence-electron chi connectivity index (χ3n) is 3.44. The minimum atomic E-state index is -3.89. The molecule has 1 unspecified atom stereocenters. The van der Waals surface area contributed by atoms with E-state index in [9.17, 15) is 13.2 Å². The smallest absolute Gasteiger partial charge is 0.269 e. The van der Waals surface area contributed by atoms with Gasteiger partial charge in [0.05, 0.1) is 4.90 Å². The molecule has 0 aliphatic carbocycles. The average Bonchev–Trinajstić information content (AvgIpc) is 2.89. The first-order valence-electron chi connectivity index (χ1n) is 7.50. The van der Waals surface area contributed by atoms with Gasteiger partial charge in [-0.05, 0) is 24.6 Å². The summed E-state index contributed by atoms with van der Waals surface area (Å²) in [6.45, 7) is 2.55. The van der Waals surface area contributed by atoms with Gasteiger partial charge >= 0.3 is 0 Å². The van der Waals surface area contributed by atoms with Gasteiger partial charge in [-0.1, -0.05) is 44.4 Å². The van der Waals surface area contributed by atoms with E-state index in [0.717, 1.165) is 30.0 Å². The third kappa shape index (κ3) is 3.75. The van der Waals surface area contributed by atoms with Crippen LogP contribution in [0.1, 0.15) is 32.6 Å². The zero-order valence-corrected chi connectivity index (χ0v) is 13.5. The van der Waals surface area contributed by atoms with Crippen molar-refractivity contribution in [1.82, 2.24) is 4.31 Å². The van der Waals surface area contributed by atoms with E-state index in [4.69, 9.17) is 4.74 Å². The quantitative estimate of drug-likeness (QED) is 0.690. The van der Waals surface area contributed by atoms with E-state index >= 15 is 0 Å². The molecule has 0 fully saturated rings. The van der Waals surface area contributed by atoms with E-state index in [0.29, 0.717) is 6.61 Å². The van der Waals surface area contributed by atoms with Gasteiger partial charge in [-0.2, -0.15) is 0 Å². The molecule has 0 radical (unpaired) electrons. The van der Waals surface area contributed by atoms with Crippen LogP contribution in [-0.2, 0) is 19.6 Å². The molecule has 0 N–H and O–H groups in total. The van der Waals surface area contributed by atoms with Gasteiger partial charge in [-0.25, -0.2) is 12.7 Å². The van der Waals surface area contributed by atoms with Crippen molar-refractivity contribution in [1.29, 1.82) is 0 Å². The zero-order chi connectivity index (χ0) is 16.0. The fraction of sp³-hybridized carbons (Fsp3) is 0.438. The van der Waals surface area contributed by atoms with Gasteiger partial charge in [0.15, 0.2) is 6.23 Å². The van der Waals surface area contributed by atoms with Gasteiger partial charge in [-0.3, -0.25) is 4.79 Å². The highest BCUT2D eigenvalue weighted by Gasteiger charge is 2.37. The maximum Gasteiger partial charge on any atom is 0.269 e. The molecule has 22 heavy (non-hydrogen) atoms. The van der Waals surface area contributed by atoms with Crippen LogP contribution < -0.4 is 0 Å². The molecule has 0 saturated heterocycles. The molecule has 1 aliphatic rings. The Morgan fingerprint density at radius 1 is 1.14 bits per heavy atom. The number of unbranched alkanes of at least 4 members (excludes halogenated alkanes) is 3. The Morgan fingerprint density at radius 2 is 1.86 bits per heavy atom. The predicted molar refractivity (Wildman–Crippen MR) is 83.5 cm³/mol. The van der Waals surface area contributed by atoms with E-state index in [-0.39, 0.29) is 4.90 Å². The van der Waals surface area contributed by atoms with Crippen molar-refractivity contribution in [2.45, 2.75) is 43.7 Å². The second-order valence-electron chi connectivity index (χ2n) is 5.13. The summed E-state index contributed by atoms with van der Waals surface area (Å²) >= 11 is 0. The Morgan fingerprint density at radius 3 is 2.55 bits per heavy atom. The number of ether oxygens (including phenoxy) is 1. The van der Waals surface area contributed by atoms with Crippen LogP contribution in [-0.4, -0.2) is 31.5 Å². The summed E-state index contributed by atoms with van der Waals surface area (Å²) in [4.78, 5) is 12.0. The number of nitrogens with zero attached hydrogens (tertiary/aromatic N) is 1. The van der Waals surface area contributed by atoms with Crippen molar-refractivity contribution in [3.05, 3.63) is 42.5 Å². The summed E-state index contributed by atoms with van der Waals surface area (Å²) in [7, 11) is -3.89. The lowest BCUT2D eigenvalue weighted by Gasteiger charge is -2.24. The SMILES string of the molecule is CCCCCCOC1C=CC(=O)N1S(=O)(=O)c1ccccc1. The Bertz CT molecular complexity index is 625. The molecule has 0 saturated carbocycles. The minimum absolute atomic E-state index is 0.0895. The molecule has 1 atom stereocenters. The van der Waals surface area contributed by atoms with E-state index in [1.807, 2.05) is 0 Å². The molecule has 1 aromatic rings. The molecule has 0 aromatic heterocycles. The molecule has 0 spiro atoms.